The second kappa shape index (κ2) is 6.65. The Kier molecular flexibility index (Phi) is 5.15. The standard InChI is InChI=1S/C13H18BrN3OS/c1-9-7-19-8-10(9)12(15-2)13-11(14)6-16-17(13)4-5-18-3/h6-8,12,15H,4-5H2,1-3H3. The third-order valence-electron chi connectivity index (χ3n) is 3.11. The summed E-state index contributed by atoms with van der Waals surface area (Å²) in [6, 6.07) is 0.139. The fraction of sp³-hybridized carbons (Fsp3) is 0.462. The molecule has 1 unspecified atom stereocenters. The van der Waals surface area contributed by atoms with E-state index in [9.17, 15) is 0 Å². The van der Waals surface area contributed by atoms with E-state index in [0.717, 1.165) is 16.7 Å². The lowest BCUT2D eigenvalue weighted by atomic mass is 10.0. The third kappa shape index (κ3) is 3.08. The van der Waals surface area contributed by atoms with Gasteiger partial charge in [0.25, 0.3) is 0 Å². The second-order valence-electron chi connectivity index (χ2n) is 4.33. The number of aromatic nitrogens is 2. The molecule has 0 amide bonds. The predicted octanol–water partition coefficient (Wildman–Crippen LogP) is 2.97. The first kappa shape index (κ1) is 14.7. The van der Waals surface area contributed by atoms with Gasteiger partial charge in [0.2, 0.25) is 0 Å². The molecule has 0 saturated heterocycles. The molecule has 0 radical (unpaired) electrons. The van der Waals surface area contributed by atoms with Crippen molar-refractivity contribution in [2.24, 2.45) is 0 Å². The first-order valence-corrected chi connectivity index (χ1v) is 7.82. The lowest BCUT2D eigenvalue weighted by Gasteiger charge is -2.19. The number of methoxy groups -OCH3 is 1. The van der Waals surface area contributed by atoms with Crippen LogP contribution in [0.15, 0.2) is 21.4 Å². The minimum atomic E-state index is 0.139. The van der Waals surface area contributed by atoms with Crippen molar-refractivity contribution in [3.8, 4) is 0 Å². The summed E-state index contributed by atoms with van der Waals surface area (Å²) in [6.45, 7) is 3.54. The molecule has 0 saturated carbocycles. The van der Waals surface area contributed by atoms with Crippen molar-refractivity contribution >= 4 is 27.3 Å². The van der Waals surface area contributed by atoms with Crippen LogP contribution in [0.2, 0.25) is 0 Å². The van der Waals surface area contributed by atoms with Gasteiger partial charge in [0.15, 0.2) is 0 Å². The van der Waals surface area contributed by atoms with Crippen LogP contribution in [0.4, 0.5) is 0 Å². The van der Waals surface area contributed by atoms with Gasteiger partial charge in [-0.3, -0.25) is 4.68 Å². The molecule has 0 aliphatic rings. The number of rotatable bonds is 6. The average Bonchev–Trinajstić information content (AvgIpc) is 2.97. The fourth-order valence-electron chi connectivity index (χ4n) is 2.12. The van der Waals surface area contributed by atoms with Gasteiger partial charge in [-0.25, -0.2) is 0 Å². The summed E-state index contributed by atoms with van der Waals surface area (Å²) >= 11 is 5.33. The van der Waals surface area contributed by atoms with E-state index >= 15 is 0 Å². The molecule has 6 heteroatoms. The van der Waals surface area contributed by atoms with Crippen molar-refractivity contribution in [1.29, 1.82) is 0 Å². The number of halogens is 1. The maximum absolute atomic E-state index is 5.14. The van der Waals surface area contributed by atoms with Crippen molar-refractivity contribution < 1.29 is 4.74 Å². The molecule has 19 heavy (non-hydrogen) atoms. The highest BCUT2D eigenvalue weighted by Gasteiger charge is 2.22. The highest BCUT2D eigenvalue weighted by molar-refractivity contribution is 9.10. The van der Waals surface area contributed by atoms with E-state index in [2.05, 4.69) is 44.0 Å². The van der Waals surface area contributed by atoms with Gasteiger partial charge >= 0.3 is 0 Å². The van der Waals surface area contributed by atoms with Crippen LogP contribution in [0.25, 0.3) is 0 Å². The smallest absolute Gasteiger partial charge is 0.0768 e. The molecule has 2 aromatic heterocycles. The molecule has 2 aromatic rings. The van der Waals surface area contributed by atoms with E-state index in [1.165, 1.54) is 11.1 Å². The van der Waals surface area contributed by atoms with E-state index in [1.54, 1.807) is 18.4 Å². The van der Waals surface area contributed by atoms with Crippen molar-refractivity contribution in [2.45, 2.75) is 19.5 Å². The number of hydrogen-bond donors (Lipinski definition) is 1. The van der Waals surface area contributed by atoms with Gasteiger partial charge < -0.3 is 10.1 Å². The molecule has 104 valence electrons. The Hall–Kier alpha value is -0.690. The zero-order valence-corrected chi connectivity index (χ0v) is 13.7. The Morgan fingerprint density at radius 1 is 1.53 bits per heavy atom. The Labute approximate surface area is 125 Å². The minimum absolute atomic E-state index is 0.139. The van der Waals surface area contributed by atoms with Gasteiger partial charge in [-0.15, -0.1) is 0 Å². The maximum atomic E-state index is 5.14. The molecular weight excluding hydrogens is 326 g/mol. The van der Waals surface area contributed by atoms with E-state index in [0.29, 0.717) is 6.61 Å². The first-order valence-electron chi connectivity index (χ1n) is 6.09. The van der Waals surface area contributed by atoms with Crippen molar-refractivity contribution in [3.63, 3.8) is 0 Å². The van der Waals surface area contributed by atoms with Crippen LogP contribution in [0.5, 0.6) is 0 Å². The molecule has 0 aliphatic heterocycles. The Balaban J connectivity index is 2.38. The van der Waals surface area contributed by atoms with Gasteiger partial charge in [0.1, 0.15) is 0 Å². The summed E-state index contributed by atoms with van der Waals surface area (Å²) in [5.41, 5.74) is 3.74. The molecule has 2 rings (SSSR count). The molecule has 1 N–H and O–H groups in total. The topological polar surface area (TPSA) is 39.1 Å². The molecule has 0 fully saturated rings. The highest BCUT2D eigenvalue weighted by Crippen LogP contribution is 2.31. The maximum Gasteiger partial charge on any atom is 0.0768 e. The minimum Gasteiger partial charge on any atom is -0.383 e. The number of thiophene rings is 1. The highest BCUT2D eigenvalue weighted by atomic mass is 79.9. The molecule has 0 aliphatic carbocycles. The molecule has 1 atom stereocenters. The lowest BCUT2D eigenvalue weighted by Crippen LogP contribution is -2.23. The zero-order valence-electron chi connectivity index (χ0n) is 11.3. The van der Waals surface area contributed by atoms with Crippen LogP contribution >= 0.6 is 27.3 Å². The molecule has 4 nitrogen and oxygen atoms in total. The first-order chi connectivity index (χ1) is 9.19. The summed E-state index contributed by atoms with van der Waals surface area (Å²) in [5.74, 6) is 0. The van der Waals surface area contributed by atoms with Gasteiger partial charge in [-0.05, 0) is 51.8 Å². The van der Waals surface area contributed by atoms with Gasteiger partial charge in [0, 0.05) is 7.11 Å². The van der Waals surface area contributed by atoms with E-state index in [4.69, 9.17) is 4.74 Å². The lowest BCUT2D eigenvalue weighted by molar-refractivity contribution is 0.182. The van der Waals surface area contributed by atoms with Gasteiger partial charge in [-0.1, -0.05) is 0 Å². The third-order valence-corrected chi connectivity index (χ3v) is 4.60. The van der Waals surface area contributed by atoms with Crippen LogP contribution in [-0.2, 0) is 11.3 Å². The second-order valence-corrected chi connectivity index (χ2v) is 5.92. The average molecular weight is 344 g/mol. The molecule has 0 aromatic carbocycles. The van der Waals surface area contributed by atoms with Crippen LogP contribution in [-0.4, -0.2) is 30.5 Å². The van der Waals surface area contributed by atoms with Crippen LogP contribution in [0, 0.1) is 6.92 Å². The Morgan fingerprint density at radius 2 is 2.32 bits per heavy atom. The van der Waals surface area contributed by atoms with Crippen molar-refractivity contribution in [1.82, 2.24) is 15.1 Å². The summed E-state index contributed by atoms with van der Waals surface area (Å²) in [6.07, 6.45) is 1.84. The fourth-order valence-corrected chi connectivity index (χ4v) is 3.52. The quantitative estimate of drug-likeness (QED) is 0.876. The van der Waals surface area contributed by atoms with E-state index < -0.39 is 0 Å². The van der Waals surface area contributed by atoms with Crippen LogP contribution in [0.1, 0.15) is 22.9 Å². The number of hydrogen-bond acceptors (Lipinski definition) is 4. The normalized spacial score (nSPS) is 12.8. The number of nitrogens with zero attached hydrogens (tertiary/aromatic N) is 2. The van der Waals surface area contributed by atoms with Crippen molar-refractivity contribution in [3.05, 3.63) is 38.3 Å². The summed E-state index contributed by atoms with van der Waals surface area (Å²) in [5, 5.41) is 12.2. The number of nitrogens with one attached hydrogen (secondary N) is 1. The van der Waals surface area contributed by atoms with Crippen LogP contribution in [0.3, 0.4) is 0 Å². The van der Waals surface area contributed by atoms with E-state index in [-0.39, 0.29) is 6.04 Å². The predicted molar refractivity (Wildman–Crippen MR) is 81.8 cm³/mol. The summed E-state index contributed by atoms with van der Waals surface area (Å²) in [4.78, 5) is 0. The SMILES string of the molecule is CNC(c1cscc1C)c1c(Br)cnn1CCOC. The number of ether oxygens (including phenoxy) is 1. The number of aryl methyl sites for hydroxylation is 1. The molecular formula is C13H18BrN3OS. The molecule has 0 spiro atoms. The molecule has 2 heterocycles. The largest absolute Gasteiger partial charge is 0.383 e. The summed E-state index contributed by atoms with van der Waals surface area (Å²) in [7, 11) is 3.68. The van der Waals surface area contributed by atoms with Crippen LogP contribution < -0.4 is 5.32 Å². The van der Waals surface area contributed by atoms with E-state index in [1.807, 2.05) is 17.9 Å². The summed E-state index contributed by atoms with van der Waals surface area (Å²) < 4.78 is 8.16. The monoisotopic (exact) mass is 343 g/mol. The van der Waals surface area contributed by atoms with Crippen molar-refractivity contribution in [2.75, 3.05) is 20.8 Å². The van der Waals surface area contributed by atoms with Gasteiger partial charge in [-0.2, -0.15) is 16.4 Å². The Morgan fingerprint density at radius 3 is 2.89 bits per heavy atom. The zero-order chi connectivity index (χ0) is 13.8. The molecule has 0 bridgehead atoms. The van der Waals surface area contributed by atoms with Gasteiger partial charge in [0.05, 0.1) is 35.6 Å². The Bertz CT molecular complexity index is 538.